The van der Waals surface area contributed by atoms with Crippen molar-refractivity contribution in [1.82, 2.24) is 5.32 Å². The van der Waals surface area contributed by atoms with E-state index in [1.165, 1.54) is 0 Å². The van der Waals surface area contributed by atoms with Crippen molar-refractivity contribution in [2.24, 2.45) is 5.92 Å². The molecule has 1 heterocycles. The summed E-state index contributed by atoms with van der Waals surface area (Å²) in [5.74, 6) is -0.626. The standard InChI is InChI=1S/C10H13NO2/c1-6(2)8-4-9(10(12)13)7(3)11-5-8/h4-6,11H,3H2,1-2H3,(H,12,13). The minimum atomic E-state index is -0.941. The molecule has 13 heavy (non-hydrogen) atoms. The largest absolute Gasteiger partial charge is 0.478 e. The lowest BCUT2D eigenvalue weighted by atomic mass is 9.98. The van der Waals surface area contributed by atoms with Crippen LogP contribution in [0.3, 0.4) is 0 Å². The van der Waals surface area contributed by atoms with Crippen molar-refractivity contribution < 1.29 is 9.90 Å². The molecule has 0 saturated heterocycles. The van der Waals surface area contributed by atoms with Gasteiger partial charge in [-0.2, -0.15) is 0 Å². The topological polar surface area (TPSA) is 49.3 Å². The third kappa shape index (κ3) is 1.99. The molecule has 2 N–H and O–H groups in total. The molecule has 1 aliphatic rings. The van der Waals surface area contributed by atoms with Crippen LogP contribution in [-0.4, -0.2) is 11.1 Å². The number of carbonyl (C=O) groups is 1. The molecular weight excluding hydrogens is 166 g/mol. The maximum Gasteiger partial charge on any atom is 0.337 e. The van der Waals surface area contributed by atoms with Crippen molar-refractivity contribution in [3.8, 4) is 0 Å². The zero-order valence-electron chi connectivity index (χ0n) is 7.79. The van der Waals surface area contributed by atoms with E-state index in [1.54, 1.807) is 12.3 Å². The second-order valence-electron chi connectivity index (χ2n) is 3.29. The van der Waals surface area contributed by atoms with Gasteiger partial charge < -0.3 is 10.4 Å². The van der Waals surface area contributed by atoms with E-state index in [4.69, 9.17) is 5.11 Å². The van der Waals surface area contributed by atoms with Crippen LogP contribution >= 0.6 is 0 Å². The van der Waals surface area contributed by atoms with Crippen LogP contribution in [0.4, 0.5) is 0 Å². The molecule has 0 atom stereocenters. The fourth-order valence-corrected chi connectivity index (χ4v) is 1.07. The van der Waals surface area contributed by atoms with E-state index in [2.05, 4.69) is 11.9 Å². The number of carboxylic acids is 1. The highest BCUT2D eigenvalue weighted by Crippen LogP contribution is 2.19. The Kier molecular flexibility index (Phi) is 2.56. The van der Waals surface area contributed by atoms with Crippen LogP contribution in [-0.2, 0) is 4.79 Å². The summed E-state index contributed by atoms with van der Waals surface area (Å²) in [5.41, 5.74) is 1.66. The van der Waals surface area contributed by atoms with Gasteiger partial charge >= 0.3 is 5.97 Å². The first-order valence-electron chi connectivity index (χ1n) is 4.13. The van der Waals surface area contributed by atoms with Crippen molar-refractivity contribution in [3.05, 3.63) is 35.7 Å². The Balaban J connectivity index is 2.98. The number of nitrogens with one attached hydrogen (secondary N) is 1. The third-order valence-electron chi connectivity index (χ3n) is 1.95. The Morgan fingerprint density at radius 3 is 2.69 bits per heavy atom. The van der Waals surface area contributed by atoms with Gasteiger partial charge in [-0.15, -0.1) is 0 Å². The monoisotopic (exact) mass is 179 g/mol. The highest BCUT2D eigenvalue weighted by atomic mass is 16.4. The average Bonchev–Trinajstić information content (AvgIpc) is 2.04. The zero-order valence-corrected chi connectivity index (χ0v) is 7.79. The normalized spacial score (nSPS) is 16.4. The quantitative estimate of drug-likeness (QED) is 0.677. The number of hydrogen-bond donors (Lipinski definition) is 2. The van der Waals surface area contributed by atoms with Crippen molar-refractivity contribution in [2.75, 3.05) is 0 Å². The van der Waals surface area contributed by atoms with Gasteiger partial charge in [0, 0.05) is 11.9 Å². The number of aliphatic carboxylic acids is 1. The van der Waals surface area contributed by atoms with Crippen LogP contribution in [0.15, 0.2) is 35.7 Å². The number of dihydropyridines is 1. The van der Waals surface area contributed by atoms with Crippen molar-refractivity contribution in [2.45, 2.75) is 13.8 Å². The van der Waals surface area contributed by atoms with E-state index >= 15 is 0 Å². The van der Waals surface area contributed by atoms with Crippen molar-refractivity contribution in [1.29, 1.82) is 0 Å². The molecule has 0 fully saturated rings. The molecule has 70 valence electrons. The van der Waals surface area contributed by atoms with Crippen LogP contribution in [0, 0.1) is 5.92 Å². The molecule has 0 aromatic rings. The van der Waals surface area contributed by atoms with Gasteiger partial charge in [0.25, 0.3) is 0 Å². The molecule has 0 aromatic carbocycles. The average molecular weight is 179 g/mol. The fraction of sp³-hybridized carbons (Fsp3) is 0.300. The van der Waals surface area contributed by atoms with Crippen molar-refractivity contribution in [3.63, 3.8) is 0 Å². The van der Waals surface area contributed by atoms with E-state index in [0.717, 1.165) is 5.57 Å². The maximum absolute atomic E-state index is 10.7. The molecule has 0 bridgehead atoms. The van der Waals surface area contributed by atoms with Gasteiger partial charge in [0.05, 0.1) is 5.57 Å². The van der Waals surface area contributed by atoms with Crippen LogP contribution in [0.2, 0.25) is 0 Å². The SMILES string of the molecule is C=C1NC=C(C(C)C)C=C1C(=O)O. The minimum absolute atomic E-state index is 0.242. The van der Waals surface area contributed by atoms with Crippen LogP contribution in [0.5, 0.6) is 0 Å². The Morgan fingerprint density at radius 1 is 1.62 bits per heavy atom. The van der Waals surface area contributed by atoms with Crippen molar-refractivity contribution >= 4 is 5.97 Å². The van der Waals surface area contributed by atoms with Gasteiger partial charge in [-0.25, -0.2) is 4.79 Å². The first-order valence-corrected chi connectivity index (χ1v) is 4.13. The lowest BCUT2D eigenvalue weighted by Gasteiger charge is -2.16. The lowest BCUT2D eigenvalue weighted by Crippen LogP contribution is -2.18. The van der Waals surface area contributed by atoms with E-state index in [0.29, 0.717) is 11.6 Å². The lowest BCUT2D eigenvalue weighted by molar-refractivity contribution is -0.132. The second-order valence-corrected chi connectivity index (χ2v) is 3.29. The predicted octanol–water partition coefficient (Wildman–Crippen LogP) is 1.65. The van der Waals surface area contributed by atoms with E-state index in [-0.39, 0.29) is 5.57 Å². The van der Waals surface area contributed by atoms with Gasteiger partial charge in [-0.3, -0.25) is 0 Å². The Morgan fingerprint density at radius 2 is 2.23 bits per heavy atom. The molecule has 0 spiro atoms. The number of rotatable bonds is 2. The van der Waals surface area contributed by atoms with Gasteiger partial charge in [0.1, 0.15) is 0 Å². The number of hydrogen-bond acceptors (Lipinski definition) is 2. The van der Waals surface area contributed by atoms with Crippen LogP contribution in [0.1, 0.15) is 13.8 Å². The molecule has 0 saturated carbocycles. The highest BCUT2D eigenvalue weighted by molar-refractivity contribution is 5.92. The predicted molar refractivity (Wildman–Crippen MR) is 50.9 cm³/mol. The minimum Gasteiger partial charge on any atom is -0.478 e. The van der Waals surface area contributed by atoms with E-state index < -0.39 is 5.97 Å². The number of allylic oxidation sites excluding steroid dienone is 2. The summed E-state index contributed by atoms with van der Waals surface area (Å²) in [6.45, 7) is 7.63. The molecule has 1 rings (SSSR count). The van der Waals surface area contributed by atoms with Gasteiger partial charge in [0.2, 0.25) is 0 Å². The molecule has 1 aliphatic heterocycles. The van der Waals surface area contributed by atoms with Crippen LogP contribution < -0.4 is 5.32 Å². The highest BCUT2D eigenvalue weighted by Gasteiger charge is 2.16. The molecule has 0 aliphatic carbocycles. The van der Waals surface area contributed by atoms with E-state index in [1.807, 2.05) is 13.8 Å². The number of carboxylic acid groups (broad SMARTS) is 1. The summed E-state index contributed by atoms with van der Waals surface area (Å²) in [6, 6.07) is 0. The van der Waals surface area contributed by atoms with Gasteiger partial charge in [-0.05, 0) is 17.6 Å². The Bertz CT molecular complexity index is 311. The molecule has 0 radical (unpaired) electrons. The summed E-state index contributed by atoms with van der Waals surface area (Å²) < 4.78 is 0. The molecule has 0 amide bonds. The van der Waals surface area contributed by atoms with E-state index in [9.17, 15) is 4.79 Å². The molecule has 3 nitrogen and oxygen atoms in total. The summed E-state index contributed by atoms with van der Waals surface area (Å²) in [7, 11) is 0. The first-order chi connectivity index (χ1) is 6.02. The molecule has 0 unspecified atom stereocenters. The first kappa shape index (κ1) is 9.58. The Labute approximate surface area is 77.5 Å². The smallest absolute Gasteiger partial charge is 0.337 e. The molecule has 3 heteroatoms. The third-order valence-corrected chi connectivity index (χ3v) is 1.95. The second kappa shape index (κ2) is 3.47. The molecular formula is C10H13NO2. The van der Waals surface area contributed by atoms with Crippen LogP contribution in [0.25, 0.3) is 0 Å². The fourth-order valence-electron chi connectivity index (χ4n) is 1.07. The van der Waals surface area contributed by atoms with Gasteiger partial charge in [-0.1, -0.05) is 20.4 Å². The zero-order chi connectivity index (χ0) is 10.0. The molecule has 0 aromatic heterocycles. The maximum atomic E-state index is 10.7. The summed E-state index contributed by atoms with van der Waals surface area (Å²) >= 11 is 0. The summed E-state index contributed by atoms with van der Waals surface area (Å²) in [5, 5.41) is 11.7. The van der Waals surface area contributed by atoms with Gasteiger partial charge in [0.15, 0.2) is 0 Å². The summed E-state index contributed by atoms with van der Waals surface area (Å²) in [6.07, 6.45) is 3.45. The summed E-state index contributed by atoms with van der Waals surface area (Å²) in [4.78, 5) is 10.7. The Hall–Kier alpha value is -1.51.